The summed E-state index contributed by atoms with van der Waals surface area (Å²) in [5, 5.41) is 0. The van der Waals surface area contributed by atoms with Gasteiger partial charge in [0.05, 0.1) is 7.11 Å². The number of benzene rings is 1. The fourth-order valence-electron chi connectivity index (χ4n) is 1.19. The Morgan fingerprint density at radius 2 is 2.00 bits per heavy atom. The number of carbonyl (C=O) groups is 2. The lowest BCUT2D eigenvalue weighted by Crippen LogP contribution is -1.96. The summed E-state index contributed by atoms with van der Waals surface area (Å²) in [6, 6.07) is 5.17. The molecule has 3 heteroatoms. The summed E-state index contributed by atoms with van der Waals surface area (Å²) in [7, 11) is 1.28. The molecular formula is C13H12O3. The Bertz CT molecular complexity index is 490. The number of ketones is 1. The minimum Gasteiger partial charge on any atom is -0.459 e. The Morgan fingerprint density at radius 1 is 1.31 bits per heavy atom. The maximum atomic E-state index is 11.1. The van der Waals surface area contributed by atoms with E-state index in [0.29, 0.717) is 5.56 Å². The van der Waals surface area contributed by atoms with Gasteiger partial charge >= 0.3 is 5.97 Å². The second-order valence-electron chi connectivity index (χ2n) is 3.33. The first-order chi connectivity index (χ1) is 7.54. The van der Waals surface area contributed by atoms with E-state index in [-0.39, 0.29) is 5.78 Å². The molecular weight excluding hydrogens is 204 g/mol. The second kappa shape index (κ2) is 5.13. The predicted octanol–water partition coefficient (Wildman–Crippen LogP) is 1.72. The van der Waals surface area contributed by atoms with Crippen LogP contribution >= 0.6 is 0 Å². The first kappa shape index (κ1) is 12.0. The van der Waals surface area contributed by atoms with Gasteiger partial charge in [-0.15, -0.1) is 0 Å². The van der Waals surface area contributed by atoms with Gasteiger partial charge in [0.25, 0.3) is 0 Å². The van der Waals surface area contributed by atoms with Crippen LogP contribution in [0.25, 0.3) is 0 Å². The van der Waals surface area contributed by atoms with E-state index >= 15 is 0 Å². The Labute approximate surface area is 94.4 Å². The van der Waals surface area contributed by atoms with Gasteiger partial charge < -0.3 is 4.74 Å². The lowest BCUT2D eigenvalue weighted by atomic mass is 10.0. The van der Waals surface area contributed by atoms with Gasteiger partial charge in [-0.3, -0.25) is 4.79 Å². The third-order valence-electron chi connectivity index (χ3n) is 2.12. The van der Waals surface area contributed by atoms with Crippen molar-refractivity contribution in [1.29, 1.82) is 0 Å². The molecule has 0 aliphatic rings. The van der Waals surface area contributed by atoms with Crippen LogP contribution in [-0.2, 0) is 9.53 Å². The van der Waals surface area contributed by atoms with Gasteiger partial charge in [-0.1, -0.05) is 12.0 Å². The molecule has 0 radical (unpaired) electrons. The number of carbonyl (C=O) groups excluding carboxylic acids is 2. The van der Waals surface area contributed by atoms with Crippen molar-refractivity contribution in [3.63, 3.8) is 0 Å². The number of aryl methyl sites for hydroxylation is 1. The molecule has 0 spiro atoms. The van der Waals surface area contributed by atoms with Crippen molar-refractivity contribution in [2.24, 2.45) is 0 Å². The van der Waals surface area contributed by atoms with Crippen molar-refractivity contribution < 1.29 is 14.3 Å². The summed E-state index contributed by atoms with van der Waals surface area (Å²) in [4.78, 5) is 21.9. The van der Waals surface area contributed by atoms with Crippen LogP contribution in [0.3, 0.4) is 0 Å². The van der Waals surface area contributed by atoms with E-state index in [4.69, 9.17) is 0 Å². The minimum absolute atomic E-state index is 0.00979. The summed E-state index contributed by atoms with van der Waals surface area (Å²) in [5.74, 6) is 4.47. The predicted molar refractivity (Wildman–Crippen MR) is 60.1 cm³/mol. The topological polar surface area (TPSA) is 43.4 Å². The number of Topliss-reactive ketones (excluding diaryl/α,β-unsaturated/α-hetero) is 1. The van der Waals surface area contributed by atoms with E-state index in [1.54, 1.807) is 18.2 Å². The van der Waals surface area contributed by atoms with E-state index in [1.165, 1.54) is 14.0 Å². The van der Waals surface area contributed by atoms with E-state index < -0.39 is 5.97 Å². The van der Waals surface area contributed by atoms with E-state index in [0.717, 1.165) is 11.1 Å². The molecule has 3 nitrogen and oxygen atoms in total. The highest BCUT2D eigenvalue weighted by molar-refractivity contribution is 5.94. The van der Waals surface area contributed by atoms with Crippen LogP contribution in [0.4, 0.5) is 0 Å². The first-order valence-electron chi connectivity index (χ1n) is 4.76. The minimum atomic E-state index is -0.574. The number of methoxy groups -OCH3 is 1. The van der Waals surface area contributed by atoms with Crippen molar-refractivity contribution in [2.45, 2.75) is 13.8 Å². The molecule has 0 aliphatic heterocycles. The SMILES string of the molecule is COC(=O)C#Cc1ccc(C(C)=O)cc1C. The van der Waals surface area contributed by atoms with Crippen LogP contribution in [0.2, 0.25) is 0 Å². The van der Waals surface area contributed by atoms with Gasteiger partial charge in [-0.25, -0.2) is 4.79 Å². The average Bonchev–Trinajstić information content (AvgIpc) is 2.26. The van der Waals surface area contributed by atoms with Crippen LogP contribution in [0.5, 0.6) is 0 Å². The third-order valence-corrected chi connectivity index (χ3v) is 2.12. The molecule has 16 heavy (non-hydrogen) atoms. The molecule has 0 atom stereocenters. The van der Waals surface area contributed by atoms with Crippen LogP contribution < -0.4 is 0 Å². The van der Waals surface area contributed by atoms with Gasteiger partial charge in [0.2, 0.25) is 0 Å². The number of hydrogen-bond donors (Lipinski definition) is 0. The molecule has 0 aromatic heterocycles. The van der Waals surface area contributed by atoms with Gasteiger partial charge in [0, 0.05) is 17.0 Å². The highest BCUT2D eigenvalue weighted by Gasteiger charge is 2.01. The molecule has 0 aliphatic carbocycles. The zero-order valence-corrected chi connectivity index (χ0v) is 9.46. The molecule has 0 saturated heterocycles. The molecule has 0 amide bonds. The Morgan fingerprint density at radius 3 is 2.50 bits per heavy atom. The molecule has 1 aromatic rings. The Balaban J connectivity index is 3.03. The zero-order valence-electron chi connectivity index (χ0n) is 9.46. The first-order valence-corrected chi connectivity index (χ1v) is 4.76. The molecule has 0 bridgehead atoms. The number of esters is 1. The lowest BCUT2D eigenvalue weighted by Gasteiger charge is -2.00. The fourth-order valence-corrected chi connectivity index (χ4v) is 1.19. The molecule has 0 N–H and O–H groups in total. The third kappa shape index (κ3) is 2.96. The second-order valence-corrected chi connectivity index (χ2v) is 3.33. The molecule has 0 fully saturated rings. The summed E-state index contributed by atoms with van der Waals surface area (Å²) in [6.45, 7) is 3.35. The van der Waals surface area contributed by atoms with Crippen LogP contribution in [0.15, 0.2) is 18.2 Å². The van der Waals surface area contributed by atoms with Crippen molar-refractivity contribution in [2.75, 3.05) is 7.11 Å². The maximum Gasteiger partial charge on any atom is 0.384 e. The normalized spacial score (nSPS) is 8.94. The van der Waals surface area contributed by atoms with Crippen molar-refractivity contribution in [3.8, 4) is 11.8 Å². The molecule has 1 aromatic carbocycles. The smallest absolute Gasteiger partial charge is 0.384 e. The van der Waals surface area contributed by atoms with Crippen molar-refractivity contribution in [3.05, 3.63) is 34.9 Å². The van der Waals surface area contributed by atoms with Crippen molar-refractivity contribution >= 4 is 11.8 Å². The highest BCUT2D eigenvalue weighted by Crippen LogP contribution is 2.10. The quantitative estimate of drug-likeness (QED) is 0.408. The largest absolute Gasteiger partial charge is 0.459 e. The van der Waals surface area contributed by atoms with Crippen LogP contribution in [-0.4, -0.2) is 18.9 Å². The summed E-state index contributed by atoms with van der Waals surface area (Å²) >= 11 is 0. The Kier molecular flexibility index (Phi) is 3.84. The average molecular weight is 216 g/mol. The zero-order chi connectivity index (χ0) is 12.1. The summed E-state index contributed by atoms with van der Waals surface area (Å²) in [5.41, 5.74) is 2.22. The van der Waals surface area contributed by atoms with Gasteiger partial charge in [0.1, 0.15) is 0 Å². The molecule has 0 heterocycles. The Hall–Kier alpha value is -2.08. The maximum absolute atomic E-state index is 11.1. The van der Waals surface area contributed by atoms with Gasteiger partial charge in [-0.05, 0) is 31.5 Å². The van der Waals surface area contributed by atoms with Gasteiger partial charge in [0.15, 0.2) is 5.78 Å². The van der Waals surface area contributed by atoms with E-state index in [9.17, 15) is 9.59 Å². The number of ether oxygens (including phenoxy) is 1. The summed E-state index contributed by atoms with van der Waals surface area (Å²) in [6.07, 6.45) is 0. The van der Waals surface area contributed by atoms with E-state index in [2.05, 4.69) is 16.6 Å². The molecule has 0 saturated carbocycles. The number of rotatable bonds is 1. The van der Waals surface area contributed by atoms with Crippen LogP contribution in [0, 0.1) is 18.8 Å². The van der Waals surface area contributed by atoms with Crippen molar-refractivity contribution in [1.82, 2.24) is 0 Å². The summed E-state index contributed by atoms with van der Waals surface area (Å²) < 4.78 is 4.41. The number of hydrogen-bond acceptors (Lipinski definition) is 3. The molecule has 1 rings (SSSR count). The fraction of sp³-hybridized carbons (Fsp3) is 0.231. The van der Waals surface area contributed by atoms with Gasteiger partial charge in [-0.2, -0.15) is 0 Å². The standard InChI is InChI=1S/C13H12O3/c1-9-8-12(10(2)14)5-4-11(9)6-7-13(15)16-3/h4-5,8H,1-3H3. The monoisotopic (exact) mass is 216 g/mol. The molecule has 82 valence electrons. The highest BCUT2D eigenvalue weighted by atomic mass is 16.5. The van der Waals surface area contributed by atoms with E-state index in [1.807, 2.05) is 6.92 Å². The lowest BCUT2D eigenvalue weighted by molar-refractivity contribution is -0.133. The molecule has 0 unspecified atom stereocenters. The van der Waals surface area contributed by atoms with Crippen LogP contribution in [0.1, 0.15) is 28.4 Å².